The lowest BCUT2D eigenvalue weighted by atomic mass is 9.80. The standard InChI is InChI=1S/C18H21BF2N2O5S/c1-17(2)18(3,4)28-19(27-17)11-8-14(16(26-5)22-10-11)23-29(24,25)15-9-12(20)6-7-13(15)21/h6-10,23H,1-5H3. The Morgan fingerprint density at radius 1 is 1.10 bits per heavy atom. The summed E-state index contributed by atoms with van der Waals surface area (Å²) >= 11 is 0. The van der Waals surface area contributed by atoms with Crippen molar-refractivity contribution in [2.75, 3.05) is 11.8 Å². The van der Waals surface area contributed by atoms with Crippen molar-refractivity contribution in [1.82, 2.24) is 4.98 Å². The zero-order chi connectivity index (χ0) is 21.6. The number of pyridine rings is 1. The van der Waals surface area contributed by atoms with E-state index in [1.165, 1.54) is 19.4 Å². The van der Waals surface area contributed by atoms with E-state index in [1.54, 1.807) is 0 Å². The predicted molar refractivity (Wildman–Crippen MR) is 104 cm³/mol. The van der Waals surface area contributed by atoms with Crippen molar-refractivity contribution >= 4 is 28.3 Å². The van der Waals surface area contributed by atoms with Gasteiger partial charge in [0.05, 0.1) is 18.3 Å². The van der Waals surface area contributed by atoms with Crippen LogP contribution in [0.15, 0.2) is 35.4 Å². The Kier molecular flexibility index (Phi) is 5.35. The van der Waals surface area contributed by atoms with Gasteiger partial charge in [0.2, 0.25) is 5.88 Å². The SMILES string of the molecule is COc1ncc(B2OC(C)(C)C(C)(C)O2)cc1NS(=O)(=O)c1cc(F)ccc1F. The highest BCUT2D eigenvalue weighted by atomic mass is 32.2. The van der Waals surface area contributed by atoms with Gasteiger partial charge in [0, 0.05) is 11.7 Å². The third kappa shape index (κ3) is 4.07. The molecule has 0 amide bonds. The van der Waals surface area contributed by atoms with Crippen LogP contribution in [0, 0.1) is 11.6 Å². The molecular weight excluding hydrogens is 405 g/mol. The van der Waals surface area contributed by atoms with Crippen LogP contribution in [0.1, 0.15) is 27.7 Å². The van der Waals surface area contributed by atoms with E-state index in [9.17, 15) is 17.2 Å². The maximum absolute atomic E-state index is 14.0. The smallest absolute Gasteiger partial charge is 0.480 e. The molecule has 0 atom stereocenters. The first kappa shape index (κ1) is 21.5. The highest BCUT2D eigenvalue weighted by Crippen LogP contribution is 2.37. The van der Waals surface area contributed by atoms with Crippen molar-refractivity contribution in [2.24, 2.45) is 0 Å². The second-order valence-corrected chi connectivity index (χ2v) is 9.24. The van der Waals surface area contributed by atoms with E-state index in [4.69, 9.17) is 14.0 Å². The predicted octanol–water partition coefficient (Wildman–Crippen LogP) is 2.47. The molecule has 2 heterocycles. The van der Waals surface area contributed by atoms with Crippen molar-refractivity contribution in [3.63, 3.8) is 0 Å². The Hall–Kier alpha value is -2.24. The highest BCUT2D eigenvalue weighted by Gasteiger charge is 2.52. The molecule has 1 fully saturated rings. The van der Waals surface area contributed by atoms with Crippen molar-refractivity contribution in [3.05, 3.63) is 42.1 Å². The zero-order valence-corrected chi connectivity index (χ0v) is 17.4. The summed E-state index contributed by atoms with van der Waals surface area (Å²) in [6.45, 7) is 7.50. The summed E-state index contributed by atoms with van der Waals surface area (Å²) in [5, 5.41) is 0. The average Bonchev–Trinajstić information content (AvgIpc) is 2.84. The molecule has 1 aromatic carbocycles. The summed E-state index contributed by atoms with van der Waals surface area (Å²) in [4.78, 5) is 3.25. The Balaban J connectivity index is 1.98. The average molecular weight is 426 g/mol. The van der Waals surface area contributed by atoms with Crippen LogP contribution in [0.2, 0.25) is 0 Å². The lowest BCUT2D eigenvalue weighted by molar-refractivity contribution is 0.00578. The van der Waals surface area contributed by atoms with Gasteiger partial charge in [-0.05, 0) is 52.0 Å². The number of aromatic nitrogens is 1. The first-order chi connectivity index (χ1) is 13.4. The molecule has 0 bridgehead atoms. The van der Waals surface area contributed by atoms with E-state index in [2.05, 4.69) is 9.71 Å². The molecule has 0 spiro atoms. The van der Waals surface area contributed by atoms with Crippen molar-refractivity contribution < 1.29 is 31.2 Å². The summed E-state index contributed by atoms with van der Waals surface area (Å²) in [6, 6.07) is 3.58. The van der Waals surface area contributed by atoms with Crippen molar-refractivity contribution in [2.45, 2.75) is 43.8 Å². The number of anilines is 1. The van der Waals surface area contributed by atoms with Gasteiger partial charge in [0.1, 0.15) is 22.2 Å². The van der Waals surface area contributed by atoms with Gasteiger partial charge in [-0.2, -0.15) is 0 Å². The number of rotatable bonds is 5. The molecule has 1 aliphatic heterocycles. The van der Waals surface area contributed by atoms with Gasteiger partial charge in [-0.1, -0.05) is 0 Å². The summed E-state index contributed by atoms with van der Waals surface area (Å²) in [7, 11) is -3.95. The van der Waals surface area contributed by atoms with Crippen molar-refractivity contribution in [1.29, 1.82) is 0 Å². The second kappa shape index (κ2) is 7.23. The number of sulfonamides is 1. The topological polar surface area (TPSA) is 86.8 Å². The molecule has 11 heteroatoms. The van der Waals surface area contributed by atoms with Gasteiger partial charge in [-0.15, -0.1) is 0 Å². The Morgan fingerprint density at radius 3 is 2.31 bits per heavy atom. The number of halogens is 2. The molecule has 3 rings (SSSR count). The van der Waals surface area contributed by atoms with E-state index >= 15 is 0 Å². The number of hydrogen-bond donors (Lipinski definition) is 1. The van der Waals surface area contributed by atoms with E-state index < -0.39 is 44.9 Å². The summed E-state index contributed by atoms with van der Waals surface area (Å²) < 4.78 is 71.8. The first-order valence-electron chi connectivity index (χ1n) is 8.74. The second-order valence-electron chi connectivity index (χ2n) is 7.59. The molecule has 1 saturated heterocycles. The van der Waals surface area contributed by atoms with Gasteiger partial charge in [-0.3, -0.25) is 4.72 Å². The van der Waals surface area contributed by atoms with Crippen LogP contribution in [0.25, 0.3) is 0 Å². The summed E-state index contributed by atoms with van der Waals surface area (Å²) in [5.41, 5.74) is -0.852. The van der Waals surface area contributed by atoms with E-state index in [-0.39, 0.29) is 11.6 Å². The molecule has 0 unspecified atom stereocenters. The molecule has 0 radical (unpaired) electrons. The van der Waals surface area contributed by atoms with Gasteiger partial charge >= 0.3 is 7.12 Å². The van der Waals surface area contributed by atoms with Crippen molar-refractivity contribution in [3.8, 4) is 5.88 Å². The minimum absolute atomic E-state index is 0.0503. The molecule has 0 saturated carbocycles. The minimum Gasteiger partial charge on any atom is -0.480 e. The largest absolute Gasteiger partial charge is 0.496 e. The quantitative estimate of drug-likeness (QED) is 0.740. The van der Waals surface area contributed by atoms with Gasteiger partial charge < -0.3 is 14.0 Å². The maximum Gasteiger partial charge on any atom is 0.496 e. The first-order valence-corrected chi connectivity index (χ1v) is 10.2. The summed E-state index contributed by atoms with van der Waals surface area (Å²) in [6.07, 6.45) is 1.43. The van der Waals surface area contributed by atoms with E-state index in [0.29, 0.717) is 11.5 Å². The lowest BCUT2D eigenvalue weighted by Crippen LogP contribution is -2.41. The van der Waals surface area contributed by atoms with Crippen LogP contribution >= 0.6 is 0 Å². The molecule has 1 aliphatic rings. The van der Waals surface area contributed by atoms with E-state index in [0.717, 1.165) is 12.1 Å². The third-order valence-electron chi connectivity index (χ3n) is 5.02. The zero-order valence-electron chi connectivity index (χ0n) is 16.6. The summed E-state index contributed by atoms with van der Waals surface area (Å²) in [5.74, 6) is -2.03. The maximum atomic E-state index is 14.0. The fourth-order valence-electron chi connectivity index (χ4n) is 2.70. The van der Waals surface area contributed by atoms with Gasteiger partial charge in [0.15, 0.2) is 0 Å². The molecule has 7 nitrogen and oxygen atoms in total. The Morgan fingerprint density at radius 2 is 1.72 bits per heavy atom. The van der Waals surface area contributed by atoms with E-state index in [1.807, 2.05) is 27.7 Å². The Bertz CT molecular complexity index is 1030. The van der Waals surface area contributed by atoms with Crippen LogP contribution in [0.3, 0.4) is 0 Å². The number of nitrogens with one attached hydrogen (secondary N) is 1. The van der Waals surface area contributed by atoms with Gasteiger partial charge in [0.25, 0.3) is 10.0 Å². The number of hydrogen-bond acceptors (Lipinski definition) is 6. The molecule has 2 aromatic rings. The fourth-order valence-corrected chi connectivity index (χ4v) is 3.83. The molecule has 29 heavy (non-hydrogen) atoms. The number of ether oxygens (including phenoxy) is 1. The molecule has 1 aromatic heterocycles. The number of nitrogens with zero attached hydrogens (tertiary/aromatic N) is 1. The van der Waals surface area contributed by atoms with Crippen LogP contribution in [0.5, 0.6) is 5.88 Å². The van der Waals surface area contributed by atoms with Crippen LogP contribution < -0.4 is 14.9 Å². The number of methoxy groups -OCH3 is 1. The van der Waals surface area contributed by atoms with Gasteiger partial charge in [-0.25, -0.2) is 22.2 Å². The number of benzene rings is 1. The lowest BCUT2D eigenvalue weighted by Gasteiger charge is -2.32. The third-order valence-corrected chi connectivity index (χ3v) is 6.40. The highest BCUT2D eigenvalue weighted by molar-refractivity contribution is 7.92. The Labute approximate surface area is 168 Å². The minimum atomic E-state index is -4.45. The van der Waals surface area contributed by atoms with Crippen LogP contribution in [0.4, 0.5) is 14.5 Å². The molecule has 1 N–H and O–H groups in total. The molecule has 156 valence electrons. The monoisotopic (exact) mass is 426 g/mol. The molecule has 0 aliphatic carbocycles. The normalized spacial score (nSPS) is 18.0. The fraction of sp³-hybridized carbons (Fsp3) is 0.389. The van der Waals surface area contributed by atoms with Crippen LogP contribution in [-0.2, 0) is 19.3 Å². The van der Waals surface area contributed by atoms with Crippen LogP contribution in [-0.4, -0.2) is 38.8 Å². The molecular formula is C18H21BF2N2O5S.